The van der Waals surface area contributed by atoms with Gasteiger partial charge in [0, 0.05) is 26.3 Å². The van der Waals surface area contributed by atoms with Crippen molar-refractivity contribution in [3.05, 3.63) is 47.0 Å². The van der Waals surface area contributed by atoms with Crippen LogP contribution in [0.3, 0.4) is 0 Å². The van der Waals surface area contributed by atoms with Crippen molar-refractivity contribution in [3.8, 4) is 24.2 Å². The van der Waals surface area contributed by atoms with Crippen molar-refractivity contribution in [3.63, 3.8) is 0 Å². The quantitative estimate of drug-likeness (QED) is 0.630. The minimum absolute atomic E-state index is 0.777. The van der Waals surface area contributed by atoms with E-state index in [9.17, 15) is 0 Å². The van der Waals surface area contributed by atoms with Crippen LogP contribution in [0.1, 0.15) is 34.6 Å². The summed E-state index contributed by atoms with van der Waals surface area (Å²) in [4.78, 5) is 6.52. The third kappa shape index (κ3) is 8.11. The van der Waals surface area contributed by atoms with E-state index in [1.165, 1.54) is 5.70 Å². The number of hydrogen-bond acceptors (Lipinski definition) is 3. The fraction of sp³-hybridized carbons (Fsp3) is 0.381. The Kier molecular flexibility index (Phi) is 10.5. The zero-order valence-electron chi connectivity index (χ0n) is 16.0. The van der Waals surface area contributed by atoms with Crippen LogP contribution in [0.25, 0.3) is 0 Å². The maximum absolute atomic E-state index is 4.60. The van der Waals surface area contributed by atoms with Crippen LogP contribution in [0, 0.1) is 24.2 Å². The Morgan fingerprint density at radius 3 is 2.46 bits per heavy atom. The summed E-state index contributed by atoms with van der Waals surface area (Å²) in [5.41, 5.74) is 5.14. The number of nitrogens with one attached hydrogen (secondary N) is 1. The first-order chi connectivity index (χ1) is 11.4. The highest BCUT2D eigenvalue weighted by Crippen LogP contribution is 2.10. The van der Waals surface area contributed by atoms with Crippen LogP contribution in [0.15, 0.2) is 52.0 Å². The van der Waals surface area contributed by atoms with Gasteiger partial charge in [-0.1, -0.05) is 12.0 Å². The Morgan fingerprint density at radius 2 is 1.96 bits per heavy atom. The Bertz CT molecular complexity index is 666. The lowest BCUT2D eigenvalue weighted by molar-refractivity contribution is 0.514. The van der Waals surface area contributed by atoms with Gasteiger partial charge in [0.2, 0.25) is 0 Å². The molecule has 128 valence electrons. The standard InChI is InChI=1S/C18H25N3.C3H4/c1-7-17-18(19-8-2)13-16(20-17)12-10-14(3)9-11-15(4)21(5)6;1-3-2/h7,9,11,13,20H,8H2,1-6H3;1H,2H3/b14-9+,15-11+,17-7+,19-18?;. The molecule has 0 saturated heterocycles. The van der Waals surface area contributed by atoms with Crippen molar-refractivity contribution >= 4 is 5.71 Å². The van der Waals surface area contributed by atoms with Gasteiger partial charge in [-0.05, 0) is 64.3 Å². The number of terminal acetylenes is 1. The van der Waals surface area contributed by atoms with Crippen molar-refractivity contribution in [2.45, 2.75) is 34.6 Å². The minimum Gasteiger partial charge on any atom is -0.381 e. The van der Waals surface area contributed by atoms with E-state index >= 15 is 0 Å². The Balaban J connectivity index is 0.00000163. The summed E-state index contributed by atoms with van der Waals surface area (Å²) in [6, 6.07) is 0. The zero-order valence-corrected chi connectivity index (χ0v) is 16.0. The van der Waals surface area contributed by atoms with Gasteiger partial charge in [-0.25, -0.2) is 0 Å². The third-order valence-corrected chi connectivity index (χ3v) is 3.12. The highest BCUT2D eigenvalue weighted by Gasteiger charge is 2.12. The van der Waals surface area contributed by atoms with Gasteiger partial charge in [-0.2, -0.15) is 0 Å². The molecule has 0 atom stereocenters. The molecule has 0 aliphatic carbocycles. The molecule has 0 spiro atoms. The second-order valence-corrected chi connectivity index (χ2v) is 5.34. The van der Waals surface area contributed by atoms with Crippen LogP contribution >= 0.6 is 0 Å². The van der Waals surface area contributed by atoms with E-state index in [-0.39, 0.29) is 0 Å². The molecule has 3 nitrogen and oxygen atoms in total. The summed E-state index contributed by atoms with van der Waals surface area (Å²) < 4.78 is 0. The first-order valence-corrected chi connectivity index (χ1v) is 8.01. The molecule has 3 heteroatoms. The molecule has 1 aliphatic rings. The normalized spacial score (nSPS) is 17.2. The molecular formula is C21H29N3. The highest BCUT2D eigenvalue weighted by atomic mass is 15.1. The van der Waals surface area contributed by atoms with Crippen LogP contribution in [0.4, 0.5) is 0 Å². The minimum atomic E-state index is 0.777. The number of hydrogen-bond donors (Lipinski definition) is 1. The molecule has 0 bridgehead atoms. The average Bonchev–Trinajstić information content (AvgIpc) is 2.93. The van der Waals surface area contributed by atoms with Gasteiger partial charge >= 0.3 is 0 Å². The molecule has 1 N–H and O–H groups in total. The SMILES string of the molecule is C#CC.C/C=C1/NC(C#C/C(C)=C/C=C(\C)N(C)C)=CC1=NCC. The summed E-state index contributed by atoms with van der Waals surface area (Å²) >= 11 is 0. The zero-order chi connectivity index (χ0) is 18.5. The summed E-state index contributed by atoms with van der Waals surface area (Å²) in [6.45, 7) is 10.5. The van der Waals surface area contributed by atoms with E-state index in [1.807, 2.05) is 53.1 Å². The van der Waals surface area contributed by atoms with Crippen LogP contribution in [-0.2, 0) is 0 Å². The smallest absolute Gasteiger partial charge is 0.0923 e. The van der Waals surface area contributed by atoms with Crippen molar-refractivity contribution < 1.29 is 0 Å². The van der Waals surface area contributed by atoms with Crippen LogP contribution in [-0.4, -0.2) is 31.3 Å². The van der Waals surface area contributed by atoms with Crippen molar-refractivity contribution in [1.29, 1.82) is 0 Å². The number of rotatable bonds is 3. The first kappa shape index (κ1) is 21.4. The molecule has 0 amide bonds. The maximum Gasteiger partial charge on any atom is 0.0923 e. The Labute approximate surface area is 147 Å². The van der Waals surface area contributed by atoms with Crippen molar-refractivity contribution in [2.24, 2.45) is 4.99 Å². The average molecular weight is 323 g/mol. The van der Waals surface area contributed by atoms with E-state index in [1.54, 1.807) is 6.92 Å². The summed E-state index contributed by atoms with van der Waals surface area (Å²) in [5, 5.41) is 3.28. The second-order valence-electron chi connectivity index (χ2n) is 5.34. The molecule has 0 aromatic carbocycles. The Hall–Kier alpha value is -2.65. The molecule has 0 saturated carbocycles. The summed E-state index contributed by atoms with van der Waals surface area (Å²) in [7, 11) is 4.06. The molecule has 0 unspecified atom stereocenters. The maximum atomic E-state index is 4.60. The van der Waals surface area contributed by atoms with Gasteiger partial charge in [0.25, 0.3) is 0 Å². The number of nitrogens with zero attached hydrogens (tertiary/aromatic N) is 2. The molecule has 0 radical (unpaired) electrons. The summed E-state index contributed by atoms with van der Waals surface area (Å²) in [6.07, 6.45) is 12.7. The monoisotopic (exact) mass is 323 g/mol. The lowest BCUT2D eigenvalue weighted by atomic mass is 10.2. The van der Waals surface area contributed by atoms with E-state index < -0.39 is 0 Å². The predicted octanol–water partition coefficient (Wildman–Crippen LogP) is 3.89. The molecule has 0 aromatic heterocycles. The molecule has 1 aliphatic heterocycles. The van der Waals surface area contributed by atoms with E-state index in [0.717, 1.165) is 29.2 Å². The lowest BCUT2D eigenvalue weighted by Crippen LogP contribution is -2.08. The first-order valence-electron chi connectivity index (χ1n) is 8.01. The third-order valence-electron chi connectivity index (χ3n) is 3.12. The van der Waals surface area contributed by atoms with Gasteiger partial charge in [-0.15, -0.1) is 12.3 Å². The molecule has 0 aromatic rings. The fourth-order valence-electron chi connectivity index (χ4n) is 1.65. The predicted molar refractivity (Wildman–Crippen MR) is 106 cm³/mol. The molecular weight excluding hydrogens is 294 g/mol. The van der Waals surface area contributed by atoms with Gasteiger partial charge in [0.05, 0.1) is 17.1 Å². The van der Waals surface area contributed by atoms with Gasteiger partial charge < -0.3 is 10.2 Å². The highest BCUT2D eigenvalue weighted by molar-refractivity contribution is 6.11. The Morgan fingerprint density at radius 1 is 1.33 bits per heavy atom. The number of aliphatic imine (C=N–C) groups is 1. The largest absolute Gasteiger partial charge is 0.381 e. The number of allylic oxidation sites excluding steroid dienone is 7. The molecule has 1 rings (SSSR count). The van der Waals surface area contributed by atoms with Crippen molar-refractivity contribution in [1.82, 2.24) is 10.2 Å². The van der Waals surface area contributed by atoms with Crippen molar-refractivity contribution in [2.75, 3.05) is 20.6 Å². The summed E-state index contributed by atoms with van der Waals surface area (Å²) in [5.74, 6) is 8.57. The van der Waals surface area contributed by atoms with Crippen LogP contribution < -0.4 is 5.32 Å². The topological polar surface area (TPSA) is 27.6 Å². The lowest BCUT2D eigenvalue weighted by Gasteiger charge is -2.10. The molecule has 24 heavy (non-hydrogen) atoms. The van der Waals surface area contributed by atoms with E-state index in [4.69, 9.17) is 0 Å². The fourth-order valence-corrected chi connectivity index (χ4v) is 1.65. The van der Waals surface area contributed by atoms with Gasteiger partial charge in [0.1, 0.15) is 0 Å². The molecule has 1 heterocycles. The van der Waals surface area contributed by atoms with Crippen LogP contribution in [0.5, 0.6) is 0 Å². The van der Waals surface area contributed by atoms with Gasteiger partial charge in [-0.3, -0.25) is 4.99 Å². The van der Waals surface area contributed by atoms with E-state index in [0.29, 0.717) is 0 Å². The van der Waals surface area contributed by atoms with E-state index in [2.05, 4.69) is 52.4 Å². The molecule has 0 fully saturated rings. The second kappa shape index (κ2) is 11.9. The van der Waals surface area contributed by atoms with Crippen LogP contribution in [0.2, 0.25) is 0 Å². The van der Waals surface area contributed by atoms with Gasteiger partial charge in [0.15, 0.2) is 0 Å².